The van der Waals surface area contributed by atoms with Crippen LogP contribution in [0, 0.1) is 0 Å². The molecule has 8 heteroatoms. The van der Waals surface area contributed by atoms with E-state index in [9.17, 15) is 8.42 Å². The Hall–Kier alpha value is -1.12. The first-order valence-corrected chi connectivity index (χ1v) is 7.64. The van der Waals surface area contributed by atoms with Gasteiger partial charge in [0.15, 0.2) is 5.96 Å². The molecule has 0 radical (unpaired) electrons. The van der Waals surface area contributed by atoms with Crippen LogP contribution in [0.5, 0.6) is 0 Å². The van der Waals surface area contributed by atoms with Crippen molar-refractivity contribution in [1.29, 1.82) is 0 Å². The lowest BCUT2D eigenvalue weighted by molar-refractivity contribution is 0.477. The first-order valence-electron chi connectivity index (χ1n) is 5.33. The molecule has 18 heavy (non-hydrogen) atoms. The lowest BCUT2D eigenvalue weighted by Crippen LogP contribution is -2.33. The normalized spacial score (nSPS) is 13.0. The van der Waals surface area contributed by atoms with Gasteiger partial charge in [-0.25, -0.2) is 8.42 Å². The van der Waals surface area contributed by atoms with Gasteiger partial charge in [0.05, 0.1) is 6.54 Å². The number of hydrogen-bond acceptors (Lipinski definition) is 4. The van der Waals surface area contributed by atoms with Gasteiger partial charge in [-0.15, -0.1) is 11.3 Å². The standard InChI is InChI=1S/C10H18N4O2S2/c1-13(2)10(11)12-6-7-14(3)18(15,16)9-5-4-8-17-9/h4-5,8H,6-7H2,1-3H3,(H2,11,12). The van der Waals surface area contributed by atoms with Gasteiger partial charge in [0.2, 0.25) is 0 Å². The van der Waals surface area contributed by atoms with Gasteiger partial charge in [-0.3, -0.25) is 4.99 Å². The van der Waals surface area contributed by atoms with Crippen LogP contribution in [0.25, 0.3) is 0 Å². The molecule has 0 unspecified atom stereocenters. The lowest BCUT2D eigenvalue weighted by atomic mass is 10.6. The van der Waals surface area contributed by atoms with Gasteiger partial charge >= 0.3 is 0 Å². The summed E-state index contributed by atoms with van der Waals surface area (Å²) in [7, 11) is 1.72. The fourth-order valence-electron chi connectivity index (χ4n) is 1.13. The van der Waals surface area contributed by atoms with Crippen LogP contribution in [0.3, 0.4) is 0 Å². The highest BCUT2D eigenvalue weighted by atomic mass is 32.2. The van der Waals surface area contributed by atoms with E-state index in [0.717, 1.165) is 0 Å². The van der Waals surface area contributed by atoms with Crippen molar-refractivity contribution < 1.29 is 8.42 Å². The van der Waals surface area contributed by atoms with E-state index in [0.29, 0.717) is 23.3 Å². The summed E-state index contributed by atoms with van der Waals surface area (Å²) in [5.74, 6) is 0.386. The van der Waals surface area contributed by atoms with Crippen molar-refractivity contribution in [2.24, 2.45) is 10.7 Å². The quantitative estimate of drug-likeness (QED) is 0.622. The Bertz CT molecular complexity index is 494. The SMILES string of the molecule is CN(C)C(N)=NCCN(C)S(=O)(=O)c1cccs1. The number of thiophene rings is 1. The molecular weight excluding hydrogens is 272 g/mol. The Balaban J connectivity index is 2.62. The highest BCUT2D eigenvalue weighted by Gasteiger charge is 2.20. The molecule has 0 spiro atoms. The third-order valence-corrected chi connectivity index (χ3v) is 5.54. The fraction of sp³-hybridized carbons (Fsp3) is 0.500. The summed E-state index contributed by atoms with van der Waals surface area (Å²) in [4.78, 5) is 5.75. The molecule has 0 aromatic carbocycles. The third-order valence-electron chi connectivity index (χ3n) is 2.31. The molecule has 0 aliphatic rings. The highest BCUT2D eigenvalue weighted by molar-refractivity contribution is 7.91. The van der Waals surface area contributed by atoms with E-state index in [-0.39, 0.29) is 0 Å². The summed E-state index contributed by atoms with van der Waals surface area (Å²) < 4.78 is 25.7. The van der Waals surface area contributed by atoms with E-state index in [1.54, 1.807) is 36.5 Å². The first-order chi connectivity index (χ1) is 8.35. The molecule has 0 bridgehead atoms. The number of nitrogens with zero attached hydrogens (tertiary/aromatic N) is 3. The molecule has 2 N–H and O–H groups in total. The molecule has 0 fully saturated rings. The van der Waals surface area contributed by atoms with Crippen LogP contribution in [0.4, 0.5) is 0 Å². The van der Waals surface area contributed by atoms with Gasteiger partial charge < -0.3 is 10.6 Å². The largest absolute Gasteiger partial charge is 0.370 e. The van der Waals surface area contributed by atoms with Crippen LogP contribution in [0.2, 0.25) is 0 Å². The maximum absolute atomic E-state index is 12.0. The molecule has 0 atom stereocenters. The van der Waals surface area contributed by atoms with Crippen molar-refractivity contribution in [2.45, 2.75) is 4.21 Å². The molecule has 0 aliphatic carbocycles. The second kappa shape index (κ2) is 6.17. The molecule has 1 heterocycles. The molecule has 0 saturated heterocycles. The Kier molecular flexibility index (Phi) is 5.12. The van der Waals surface area contributed by atoms with E-state index in [4.69, 9.17) is 5.73 Å². The molecule has 1 aromatic heterocycles. The maximum Gasteiger partial charge on any atom is 0.252 e. The van der Waals surface area contributed by atoms with Crippen LogP contribution < -0.4 is 5.73 Å². The van der Waals surface area contributed by atoms with Crippen molar-refractivity contribution in [1.82, 2.24) is 9.21 Å². The average Bonchev–Trinajstić information content (AvgIpc) is 2.82. The minimum absolute atomic E-state index is 0.300. The van der Waals surface area contributed by atoms with E-state index >= 15 is 0 Å². The predicted octanol–water partition coefficient (Wildman–Crippen LogP) is 0.245. The number of rotatable bonds is 5. The maximum atomic E-state index is 12.0. The summed E-state index contributed by atoms with van der Waals surface area (Å²) in [5.41, 5.74) is 5.62. The molecule has 0 amide bonds. The topological polar surface area (TPSA) is 79.0 Å². The van der Waals surface area contributed by atoms with Crippen LogP contribution in [0.1, 0.15) is 0 Å². The minimum atomic E-state index is -3.39. The van der Waals surface area contributed by atoms with Crippen LogP contribution in [0.15, 0.2) is 26.7 Å². The van der Waals surface area contributed by atoms with Crippen molar-refractivity contribution in [3.05, 3.63) is 17.5 Å². The third kappa shape index (κ3) is 3.69. The summed E-state index contributed by atoms with van der Waals surface area (Å²) in [6, 6.07) is 3.31. The van der Waals surface area contributed by atoms with E-state index in [1.165, 1.54) is 22.7 Å². The molecule has 1 aromatic rings. The van der Waals surface area contributed by atoms with E-state index < -0.39 is 10.0 Å². The molecule has 6 nitrogen and oxygen atoms in total. The summed E-state index contributed by atoms with van der Waals surface area (Å²) in [6.45, 7) is 0.639. The van der Waals surface area contributed by atoms with Gasteiger partial charge in [-0.05, 0) is 11.4 Å². The minimum Gasteiger partial charge on any atom is -0.370 e. The Morgan fingerprint density at radius 3 is 2.61 bits per heavy atom. The Labute approximate surface area is 112 Å². The fourth-order valence-corrected chi connectivity index (χ4v) is 3.49. The van der Waals surface area contributed by atoms with Gasteiger partial charge in [0, 0.05) is 27.7 Å². The second-order valence-electron chi connectivity index (χ2n) is 3.89. The summed E-state index contributed by atoms with van der Waals surface area (Å²) in [5, 5.41) is 1.74. The van der Waals surface area contributed by atoms with Crippen molar-refractivity contribution in [2.75, 3.05) is 34.2 Å². The number of sulfonamides is 1. The number of aliphatic imine (C=N–C) groups is 1. The zero-order valence-corrected chi connectivity index (χ0v) is 12.3. The van der Waals surface area contributed by atoms with Gasteiger partial charge in [-0.1, -0.05) is 6.07 Å². The first kappa shape index (κ1) is 14.9. The molecular formula is C10H18N4O2S2. The zero-order chi connectivity index (χ0) is 13.8. The summed E-state index contributed by atoms with van der Waals surface area (Å²) >= 11 is 1.20. The number of guanidine groups is 1. The number of likely N-dealkylation sites (N-methyl/N-ethyl adjacent to an activating group) is 1. The van der Waals surface area contributed by atoms with Gasteiger partial charge in [-0.2, -0.15) is 4.31 Å². The molecule has 1 rings (SSSR count). The summed E-state index contributed by atoms with van der Waals surface area (Å²) in [6.07, 6.45) is 0. The van der Waals surface area contributed by atoms with Gasteiger partial charge in [0.1, 0.15) is 4.21 Å². The van der Waals surface area contributed by atoms with Gasteiger partial charge in [0.25, 0.3) is 10.0 Å². The molecule has 0 saturated carbocycles. The molecule has 102 valence electrons. The average molecular weight is 290 g/mol. The van der Waals surface area contributed by atoms with Crippen LogP contribution >= 0.6 is 11.3 Å². The van der Waals surface area contributed by atoms with E-state index in [2.05, 4.69) is 4.99 Å². The number of nitrogens with two attached hydrogens (primary N) is 1. The van der Waals surface area contributed by atoms with E-state index in [1.807, 2.05) is 0 Å². The van der Waals surface area contributed by atoms with Crippen molar-refractivity contribution in [3.63, 3.8) is 0 Å². The van der Waals surface area contributed by atoms with Crippen LogP contribution in [-0.2, 0) is 10.0 Å². The molecule has 0 aliphatic heterocycles. The number of hydrogen-bond donors (Lipinski definition) is 1. The van der Waals surface area contributed by atoms with Crippen molar-refractivity contribution >= 4 is 27.3 Å². The second-order valence-corrected chi connectivity index (χ2v) is 7.11. The lowest BCUT2D eigenvalue weighted by Gasteiger charge is -2.15. The Morgan fingerprint density at radius 2 is 2.11 bits per heavy atom. The van der Waals surface area contributed by atoms with Crippen molar-refractivity contribution in [3.8, 4) is 0 Å². The van der Waals surface area contributed by atoms with Crippen LogP contribution in [-0.4, -0.2) is 57.8 Å². The smallest absolute Gasteiger partial charge is 0.252 e. The highest BCUT2D eigenvalue weighted by Crippen LogP contribution is 2.19. The Morgan fingerprint density at radius 1 is 1.44 bits per heavy atom. The zero-order valence-electron chi connectivity index (χ0n) is 10.7. The predicted molar refractivity (Wildman–Crippen MR) is 74.3 cm³/mol. The monoisotopic (exact) mass is 290 g/mol.